The molecule has 0 radical (unpaired) electrons. The number of ether oxygens (including phenoxy) is 2. The minimum Gasteiger partial charge on any atom is -0.410 e. The van der Waals surface area contributed by atoms with Gasteiger partial charge in [-0.15, -0.1) is 13.2 Å². The molecule has 0 spiro atoms. The maximum atomic E-state index is 11.9. The molecule has 0 aliphatic rings. The quantitative estimate of drug-likeness (QED) is 0.900. The second-order valence-corrected chi connectivity index (χ2v) is 4.78. The first-order valence-electron chi connectivity index (χ1n) is 5.41. The van der Waals surface area contributed by atoms with Crippen molar-refractivity contribution in [3.63, 3.8) is 0 Å². The summed E-state index contributed by atoms with van der Waals surface area (Å²) in [5.74, 6) is -0.257. The normalized spacial score (nSPS) is 11.9. The van der Waals surface area contributed by atoms with Crippen LogP contribution in [0.4, 0.5) is 18.0 Å². The molecular formula is C12H14F3NO3. The van der Waals surface area contributed by atoms with Gasteiger partial charge in [0.15, 0.2) is 0 Å². The van der Waals surface area contributed by atoms with E-state index < -0.39 is 18.0 Å². The van der Waals surface area contributed by atoms with Crippen molar-refractivity contribution in [2.24, 2.45) is 0 Å². The van der Waals surface area contributed by atoms with Gasteiger partial charge in [-0.25, -0.2) is 4.79 Å². The molecular weight excluding hydrogens is 263 g/mol. The number of amides is 1. The summed E-state index contributed by atoms with van der Waals surface area (Å²) in [6, 6.07) is 4.55. The first-order chi connectivity index (χ1) is 8.55. The second kappa shape index (κ2) is 5.38. The molecule has 4 nitrogen and oxygen atoms in total. The molecule has 7 heteroatoms. The van der Waals surface area contributed by atoms with Crippen molar-refractivity contribution >= 4 is 6.09 Å². The molecule has 0 aliphatic carbocycles. The van der Waals surface area contributed by atoms with Gasteiger partial charge in [0.25, 0.3) is 0 Å². The zero-order valence-electron chi connectivity index (χ0n) is 10.7. The average Bonchev–Trinajstić information content (AvgIpc) is 2.15. The van der Waals surface area contributed by atoms with Gasteiger partial charge < -0.3 is 14.8 Å². The topological polar surface area (TPSA) is 47.6 Å². The smallest absolute Gasteiger partial charge is 0.410 e. The Hall–Kier alpha value is -1.92. The van der Waals surface area contributed by atoms with Gasteiger partial charge in [-0.2, -0.15) is 0 Å². The van der Waals surface area contributed by atoms with Gasteiger partial charge in [-0.05, 0) is 45.0 Å². The van der Waals surface area contributed by atoms with Crippen molar-refractivity contribution in [3.8, 4) is 11.5 Å². The largest absolute Gasteiger partial charge is 0.573 e. The third-order valence-electron chi connectivity index (χ3n) is 1.74. The standard InChI is InChI=1S/C12H14F3NO3/c1-11(2,3)16-10(17)18-8-4-6-9(7-5-8)19-12(13,14)15/h4-7H,1-3H3,(H,16,17). The van der Waals surface area contributed by atoms with Crippen molar-refractivity contribution in [1.82, 2.24) is 5.32 Å². The molecule has 106 valence electrons. The van der Waals surface area contributed by atoms with Crippen molar-refractivity contribution in [3.05, 3.63) is 24.3 Å². The monoisotopic (exact) mass is 277 g/mol. The molecule has 0 atom stereocenters. The van der Waals surface area contributed by atoms with Gasteiger partial charge in [0, 0.05) is 5.54 Å². The Morgan fingerprint density at radius 2 is 1.53 bits per heavy atom. The van der Waals surface area contributed by atoms with Crippen LogP contribution in [0.2, 0.25) is 0 Å². The Labute approximate surface area is 108 Å². The zero-order chi connectivity index (χ0) is 14.7. The van der Waals surface area contributed by atoms with Gasteiger partial charge in [0.2, 0.25) is 0 Å². The zero-order valence-corrected chi connectivity index (χ0v) is 10.7. The Morgan fingerprint density at radius 3 is 1.95 bits per heavy atom. The van der Waals surface area contributed by atoms with Crippen LogP contribution in [-0.2, 0) is 0 Å². The van der Waals surface area contributed by atoms with Gasteiger partial charge >= 0.3 is 12.5 Å². The van der Waals surface area contributed by atoms with Crippen LogP contribution in [0.1, 0.15) is 20.8 Å². The van der Waals surface area contributed by atoms with Gasteiger partial charge in [-0.1, -0.05) is 0 Å². The molecule has 1 rings (SSSR count). The number of alkyl halides is 3. The Morgan fingerprint density at radius 1 is 1.05 bits per heavy atom. The molecule has 0 aromatic heterocycles. The third kappa shape index (κ3) is 6.54. The lowest BCUT2D eigenvalue weighted by atomic mass is 10.1. The number of benzene rings is 1. The molecule has 0 heterocycles. The van der Waals surface area contributed by atoms with Gasteiger partial charge in [0.1, 0.15) is 11.5 Å². The van der Waals surface area contributed by atoms with Crippen molar-refractivity contribution in [1.29, 1.82) is 0 Å². The summed E-state index contributed by atoms with van der Waals surface area (Å²) in [7, 11) is 0. The summed E-state index contributed by atoms with van der Waals surface area (Å²) in [5, 5.41) is 2.55. The predicted octanol–water partition coefficient (Wildman–Crippen LogP) is 3.47. The van der Waals surface area contributed by atoms with Crippen LogP contribution >= 0.6 is 0 Å². The number of hydrogen-bond acceptors (Lipinski definition) is 3. The molecule has 19 heavy (non-hydrogen) atoms. The van der Waals surface area contributed by atoms with E-state index in [1.807, 2.05) is 0 Å². The molecule has 0 fully saturated rings. The maximum absolute atomic E-state index is 11.9. The lowest BCUT2D eigenvalue weighted by Gasteiger charge is -2.19. The maximum Gasteiger partial charge on any atom is 0.573 e. The number of nitrogens with one attached hydrogen (secondary N) is 1. The number of carbonyl (C=O) groups excluding carboxylic acids is 1. The van der Waals surface area contributed by atoms with E-state index in [0.29, 0.717) is 0 Å². The number of carbonyl (C=O) groups is 1. The minimum absolute atomic E-state index is 0.122. The first-order valence-corrected chi connectivity index (χ1v) is 5.41. The Kier molecular flexibility index (Phi) is 4.28. The van der Waals surface area contributed by atoms with E-state index in [4.69, 9.17) is 4.74 Å². The van der Waals surface area contributed by atoms with Crippen LogP contribution in [0, 0.1) is 0 Å². The van der Waals surface area contributed by atoms with Crippen molar-refractivity contribution in [2.75, 3.05) is 0 Å². The highest BCUT2D eigenvalue weighted by Gasteiger charge is 2.31. The van der Waals surface area contributed by atoms with E-state index in [9.17, 15) is 18.0 Å². The van der Waals surface area contributed by atoms with Crippen molar-refractivity contribution < 1.29 is 27.4 Å². The highest BCUT2D eigenvalue weighted by atomic mass is 19.4. The molecule has 0 aliphatic heterocycles. The van der Waals surface area contributed by atoms with Crippen LogP contribution in [0.3, 0.4) is 0 Å². The van der Waals surface area contributed by atoms with Gasteiger partial charge in [0.05, 0.1) is 0 Å². The fourth-order valence-electron chi connectivity index (χ4n) is 1.15. The summed E-state index contributed by atoms with van der Waals surface area (Å²) >= 11 is 0. The lowest BCUT2D eigenvalue weighted by molar-refractivity contribution is -0.274. The molecule has 0 unspecified atom stereocenters. The van der Waals surface area contributed by atoms with E-state index in [1.54, 1.807) is 20.8 Å². The fraction of sp³-hybridized carbons (Fsp3) is 0.417. The summed E-state index contributed by atoms with van der Waals surface area (Å²) in [5.41, 5.74) is -0.462. The minimum atomic E-state index is -4.74. The lowest BCUT2D eigenvalue weighted by Crippen LogP contribution is -2.42. The van der Waals surface area contributed by atoms with Crippen LogP contribution < -0.4 is 14.8 Å². The molecule has 1 aromatic rings. The average molecular weight is 277 g/mol. The van der Waals surface area contributed by atoms with E-state index in [1.165, 1.54) is 12.1 Å². The molecule has 1 N–H and O–H groups in total. The predicted molar refractivity (Wildman–Crippen MR) is 62.0 cm³/mol. The van der Waals surface area contributed by atoms with E-state index in [2.05, 4.69) is 10.1 Å². The molecule has 0 bridgehead atoms. The van der Waals surface area contributed by atoms with E-state index in [0.717, 1.165) is 12.1 Å². The third-order valence-corrected chi connectivity index (χ3v) is 1.74. The molecule has 0 saturated carbocycles. The van der Waals surface area contributed by atoms with Crippen LogP contribution in [-0.4, -0.2) is 18.0 Å². The van der Waals surface area contributed by atoms with E-state index in [-0.39, 0.29) is 11.5 Å². The van der Waals surface area contributed by atoms with Gasteiger partial charge in [-0.3, -0.25) is 0 Å². The first kappa shape index (κ1) is 15.1. The molecule has 1 amide bonds. The van der Waals surface area contributed by atoms with Crippen molar-refractivity contribution in [2.45, 2.75) is 32.7 Å². The highest BCUT2D eigenvalue weighted by Crippen LogP contribution is 2.24. The summed E-state index contributed by atoms with van der Waals surface area (Å²) in [6.07, 6.45) is -5.43. The van der Waals surface area contributed by atoms with E-state index >= 15 is 0 Å². The number of halogens is 3. The van der Waals surface area contributed by atoms with Crippen LogP contribution in [0.15, 0.2) is 24.3 Å². The number of rotatable bonds is 2. The van der Waals surface area contributed by atoms with Crippen LogP contribution in [0.25, 0.3) is 0 Å². The summed E-state index contributed by atoms with van der Waals surface area (Å²) < 4.78 is 44.3. The summed E-state index contributed by atoms with van der Waals surface area (Å²) in [4.78, 5) is 11.4. The Bertz CT molecular complexity index is 435. The second-order valence-electron chi connectivity index (χ2n) is 4.78. The number of hydrogen-bond donors (Lipinski definition) is 1. The molecule has 1 aromatic carbocycles. The SMILES string of the molecule is CC(C)(C)NC(=O)Oc1ccc(OC(F)(F)F)cc1. The highest BCUT2D eigenvalue weighted by molar-refractivity contribution is 5.71. The Balaban J connectivity index is 2.60. The summed E-state index contributed by atoms with van der Waals surface area (Å²) in [6.45, 7) is 5.32. The van der Waals surface area contributed by atoms with Crippen LogP contribution in [0.5, 0.6) is 11.5 Å². The molecule has 0 saturated heterocycles. The fourth-order valence-corrected chi connectivity index (χ4v) is 1.15.